The molecule has 0 atom stereocenters. The van der Waals surface area contributed by atoms with Crippen LogP contribution in [0.1, 0.15) is 11.1 Å². The lowest BCUT2D eigenvalue weighted by Gasteiger charge is -2.10. The first-order chi connectivity index (χ1) is 12.8. The number of carbonyl (C=O) groups is 2. The molecule has 0 fully saturated rings. The summed E-state index contributed by atoms with van der Waals surface area (Å²) in [7, 11) is 4.01. The largest absolute Gasteiger partial charge is 0.473 e. The van der Waals surface area contributed by atoms with E-state index >= 15 is 0 Å². The lowest BCUT2D eigenvalue weighted by molar-refractivity contribution is -0.159. The zero-order valence-corrected chi connectivity index (χ0v) is 16.5. The molecule has 8 nitrogen and oxygen atoms in total. The first-order valence-corrected chi connectivity index (χ1v) is 8.57. The molecule has 1 aromatic carbocycles. The average molecular weight is 438 g/mol. The molecule has 0 amide bonds. The van der Waals surface area contributed by atoms with Gasteiger partial charge in [-0.25, -0.2) is 9.59 Å². The Morgan fingerprint density at radius 2 is 1.56 bits per heavy atom. The zero-order chi connectivity index (χ0) is 20.2. The van der Waals surface area contributed by atoms with Crippen LogP contribution < -0.4 is 0 Å². The maximum Gasteiger partial charge on any atom is 0.414 e. The highest BCUT2D eigenvalue weighted by molar-refractivity contribution is 9.10. The van der Waals surface area contributed by atoms with Gasteiger partial charge in [-0.1, -0.05) is 33.2 Å². The Labute approximate surface area is 165 Å². The second kappa shape index (κ2) is 11.8. The average Bonchev–Trinajstić information content (AvgIpc) is 2.64. The Hall–Kier alpha value is -2.78. The Morgan fingerprint density at radius 3 is 2.04 bits per heavy atom. The predicted octanol–water partition coefficient (Wildman–Crippen LogP) is 2.33. The van der Waals surface area contributed by atoms with Gasteiger partial charge in [0.05, 0.1) is 0 Å². The van der Waals surface area contributed by atoms with E-state index in [9.17, 15) is 0 Å². The molecule has 0 aliphatic heterocycles. The van der Waals surface area contributed by atoms with E-state index in [4.69, 9.17) is 24.6 Å². The van der Waals surface area contributed by atoms with Crippen LogP contribution in [0.25, 0.3) is 0 Å². The Balaban J connectivity index is 0.000000527. The van der Waals surface area contributed by atoms with E-state index in [0.717, 1.165) is 27.9 Å². The molecule has 0 aliphatic rings. The number of likely N-dealkylation sites (N-methyl/N-ethyl adjacent to an activating group) is 1. The second-order valence-electron chi connectivity index (χ2n) is 5.43. The quantitative estimate of drug-likeness (QED) is 0.308. The van der Waals surface area contributed by atoms with Crippen molar-refractivity contribution < 1.29 is 24.6 Å². The molecule has 144 valence electrons. The summed E-state index contributed by atoms with van der Waals surface area (Å²) in [5.74, 6) is -3.65. The van der Waals surface area contributed by atoms with E-state index in [1.807, 2.05) is 50.5 Å². The van der Waals surface area contributed by atoms with Crippen LogP contribution in [0.4, 0.5) is 0 Å². The van der Waals surface area contributed by atoms with Gasteiger partial charge >= 0.3 is 11.9 Å². The smallest absolute Gasteiger partial charge is 0.414 e. The molecule has 1 heterocycles. The van der Waals surface area contributed by atoms with E-state index in [-0.39, 0.29) is 0 Å². The summed E-state index contributed by atoms with van der Waals surface area (Å²) in [5, 5.41) is 19.1. The molecule has 2 N–H and O–H groups in total. The van der Waals surface area contributed by atoms with Gasteiger partial charge in [0, 0.05) is 34.5 Å². The number of nitrogens with zero attached hydrogens (tertiary/aromatic N) is 3. The number of carboxylic acids is 2. The number of hydrogen-bond acceptors (Lipinski definition) is 6. The number of benzene rings is 1. The summed E-state index contributed by atoms with van der Waals surface area (Å²) in [5.41, 5.74) is 2.80. The highest BCUT2D eigenvalue weighted by atomic mass is 79.9. The number of aliphatic carboxylic acids is 2. The van der Waals surface area contributed by atoms with Crippen LogP contribution in [0.15, 0.2) is 58.4 Å². The first-order valence-electron chi connectivity index (χ1n) is 7.78. The summed E-state index contributed by atoms with van der Waals surface area (Å²) in [6.45, 7) is 1.38. The van der Waals surface area contributed by atoms with Crippen LogP contribution >= 0.6 is 15.9 Å². The van der Waals surface area contributed by atoms with Gasteiger partial charge in [-0.15, -0.1) is 0 Å². The SMILES string of the molecule is CN(C)CCON=C(c1ccncc1)c1ccc(Br)cc1.O=C(O)C(=O)O. The number of oxime groups is 1. The fourth-order valence-corrected chi connectivity index (χ4v) is 1.99. The number of rotatable bonds is 6. The molecule has 0 radical (unpaired) electrons. The molecular weight excluding hydrogens is 418 g/mol. The summed E-state index contributed by atoms with van der Waals surface area (Å²) in [4.78, 5) is 29.8. The van der Waals surface area contributed by atoms with Gasteiger partial charge in [-0.05, 0) is 38.4 Å². The maximum atomic E-state index is 9.10. The van der Waals surface area contributed by atoms with Crippen LogP contribution in [0.3, 0.4) is 0 Å². The minimum atomic E-state index is -1.82. The number of aromatic nitrogens is 1. The maximum absolute atomic E-state index is 9.10. The molecule has 2 aromatic rings. The van der Waals surface area contributed by atoms with Crippen molar-refractivity contribution in [2.75, 3.05) is 27.2 Å². The first kappa shape index (κ1) is 22.3. The summed E-state index contributed by atoms with van der Waals surface area (Å²) < 4.78 is 1.04. The predicted molar refractivity (Wildman–Crippen MR) is 104 cm³/mol. The van der Waals surface area contributed by atoms with Crippen molar-refractivity contribution in [2.24, 2.45) is 5.16 Å². The normalized spacial score (nSPS) is 10.7. The minimum absolute atomic E-state index is 0.554. The van der Waals surface area contributed by atoms with Gasteiger partial charge in [0.1, 0.15) is 12.3 Å². The van der Waals surface area contributed by atoms with Crippen molar-refractivity contribution in [3.63, 3.8) is 0 Å². The standard InChI is InChI=1S/C16H18BrN3O.C2H2O4/c1-20(2)11-12-21-19-16(14-7-9-18-10-8-14)13-3-5-15(17)6-4-13;3-1(4)2(5)6/h3-10H,11-12H2,1-2H3;(H,3,4)(H,5,6). The molecule has 0 saturated carbocycles. The van der Waals surface area contributed by atoms with Gasteiger partial charge in [-0.3, -0.25) is 4.98 Å². The van der Waals surface area contributed by atoms with E-state index in [1.165, 1.54) is 0 Å². The van der Waals surface area contributed by atoms with Gasteiger partial charge in [0.2, 0.25) is 0 Å². The number of hydrogen-bond donors (Lipinski definition) is 2. The Morgan fingerprint density at radius 1 is 1.04 bits per heavy atom. The number of halogens is 1. The van der Waals surface area contributed by atoms with Gasteiger partial charge in [0.25, 0.3) is 0 Å². The molecule has 2 rings (SSSR count). The van der Waals surface area contributed by atoms with Gasteiger partial charge in [0.15, 0.2) is 0 Å². The summed E-state index contributed by atoms with van der Waals surface area (Å²) in [6, 6.07) is 11.9. The lowest BCUT2D eigenvalue weighted by atomic mass is 10.0. The van der Waals surface area contributed by atoms with Crippen molar-refractivity contribution in [3.05, 3.63) is 64.4 Å². The third-order valence-corrected chi connectivity index (χ3v) is 3.57. The van der Waals surface area contributed by atoms with Crippen LogP contribution in [-0.2, 0) is 14.4 Å². The van der Waals surface area contributed by atoms with E-state index < -0.39 is 11.9 Å². The van der Waals surface area contributed by atoms with Gasteiger partial charge in [-0.2, -0.15) is 0 Å². The second-order valence-corrected chi connectivity index (χ2v) is 6.35. The fraction of sp³-hybridized carbons (Fsp3) is 0.222. The molecule has 0 aliphatic carbocycles. The Bertz CT molecular complexity index is 752. The third kappa shape index (κ3) is 8.93. The van der Waals surface area contributed by atoms with E-state index in [2.05, 4.69) is 31.0 Å². The fourth-order valence-electron chi connectivity index (χ4n) is 1.72. The topological polar surface area (TPSA) is 112 Å². The van der Waals surface area contributed by atoms with Crippen LogP contribution in [0, 0.1) is 0 Å². The van der Waals surface area contributed by atoms with E-state index in [1.54, 1.807) is 12.4 Å². The van der Waals surface area contributed by atoms with Crippen LogP contribution in [0.2, 0.25) is 0 Å². The molecule has 1 aromatic heterocycles. The number of carboxylic acid groups (broad SMARTS) is 2. The van der Waals surface area contributed by atoms with Crippen molar-refractivity contribution in [2.45, 2.75) is 0 Å². The lowest BCUT2D eigenvalue weighted by Crippen LogP contribution is -2.17. The highest BCUT2D eigenvalue weighted by Crippen LogP contribution is 2.15. The van der Waals surface area contributed by atoms with Gasteiger partial charge < -0.3 is 20.0 Å². The highest BCUT2D eigenvalue weighted by Gasteiger charge is 2.08. The molecule has 9 heteroatoms. The number of pyridine rings is 1. The summed E-state index contributed by atoms with van der Waals surface area (Å²) >= 11 is 3.44. The minimum Gasteiger partial charge on any atom is -0.473 e. The molecule has 27 heavy (non-hydrogen) atoms. The van der Waals surface area contributed by atoms with Crippen LogP contribution in [0.5, 0.6) is 0 Å². The monoisotopic (exact) mass is 437 g/mol. The molecule has 0 saturated heterocycles. The molecule has 0 spiro atoms. The summed E-state index contributed by atoms with van der Waals surface area (Å²) in [6.07, 6.45) is 3.51. The van der Waals surface area contributed by atoms with E-state index in [0.29, 0.717) is 6.61 Å². The van der Waals surface area contributed by atoms with Crippen molar-refractivity contribution >= 4 is 33.6 Å². The third-order valence-electron chi connectivity index (χ3n) is 3.04. The van der Waals surface area contributed by atoms with Crippen molar-refractivity contribution in [3.8, 4) is 0 Å². The van der Waals surface area contributed by atoms with Crippen molar-refractivity contribution in [1.29, 1.82) is 0 Å². The molecule has 0 bridgehead atoms. The molecular formula is C18H20BrN3O5. The van der Waals surface area contributed by atoms with Crippen molar-refractivity contribution in [1.82, 2.24) is 9.88 Å². The zero-order valence-electron chi connectivity index (χ0n) is 14.9. The molecule has 0 unspecified atom stereocenters. The Kier molecular flexibility index (Phi) is 9.70. The van der Waals surface area contributed by atoms with Crippen LogP contribution in [-0.4, -0.2) is 65.0 Å².